The van der Waals surface area contributed by atoms with Crippen molar-refractivity contribution in [3.05, 3.63) is 29.3 Å². The SMILES string of the molecule is CCS(=O)(=O)CCCNC1CC(C)(C)Oc2ccc(C(=O)OC)cc21. The van der Waals surface area contributed by atoms with Crippen LogP contribution in [0.3, 0.4) is 0 Å². The summed E-state index contributed by atoms with van der Waals surface area (Å²) in [6.07, 6.45) is 1.28. The van der Waals surface area contributed by atoms with Crippen molar-refractivity contribution in [2.45, 2.75) is 45.3 Å². The number of methoxy groups -OCH3 is 1. The molecule has 1 heterocycles. The number of hydrogen-bond donors (Lipinski definition) is 1. The zero-order valence-electron chi connectivity index (χ0n) is 15.3. The van der Waals surface area contributed by atoms with Gasteiger partial charge in [0.1, 0.15) is 21.2 Å². The lowest BCUT2D eigenvalue weighted by atomic mass is 9.89. The van der Waals surface area contributed by atoms with E-state index >= 15 is 0 Å². The van der Waals surface area contributed by atoms with Crippen LogP contribution in [0.25, 0.3) is 0 Å². The molecule has 0 bridgehead atoms. The van der Waals surface area contributed by atoms with Gasteiger partial charge in [0.15, 0.2) is 0 Å². The quantitative estimate of drug-likeness (QED) is 0.587. The summed E-state index contributed by atoms with van der Waals surface area (Å²) < 4.78 is 34.0. The molecule has 1 aromatic carbocycles. The first-order valence-electron chi connectivity index (χ1n) is 8.52. The summed E-state index contributed by atoms with van der Waals surface area (Å²) in [7, 11) is -1.60. The number of carbonyl (C=O) groups excluding carboxylic acids is 1. The molecule has 0 aliphatic carbocycles. The fourth-order valence-corrected chi connectivity index (χ4v) is 3.87. The lowest BCUT2D eigenvalue weighted by molar-refractivity contribution is 0.0595. The summed E-state index contributed by atoms with van der Waals surface area (Å²) in [5, 5.41) is 3.42. The molecule has 0 amide bonds. The van der Waals surface area contributed by atoms with Crippen LogP contribution in [0.2, 0.25) is 0 Å². The maximum Gasteiger partial charge on any atom is 0.337 e. The molecule has 1 atom stereocenters. The Balaban J connectivity index is 2.14. The lowest BCUT2D eigenvalue weighted by Crippen LogP contribution is -2.40. The Morgan fingerprint density at radius 3 is 2.76 bits per heavy atom. The minimum Gasteiger partial charge on any atom is -0.487 e. The fourth-order valence-electron chi connectivity index (χ4n) is 2.99. The Morgan fingerprint density at radius 1 is 1.40 bits per heavy atom. The molecule has 1 aliphatic heterocycles. The van der Waals surface area contributed by atoms with E-state index in [4.69, 9.17) is 9.47 Å². The fraction of sp³-hybridized carbons (Fsp3) is 0.611. The molecular weight excluding hydrogens is 342 g/mol. The van der Waals surface area contributed by atoms with Crippen LogP contribution >= 0.6 is 0 Å². The maximum atomic E-state index is 11.8. The van der Waals surface area contributed by atoms with Crippen LogP contribution in [-0.4, -0.2) is 45.1 Å². The van der Waals surface area contributed by atoms with Gasteiger partial charge in [-0.15, -0.1) is 0 Å². The van der Waals surface area contributed by atoms with Crippen molar-refractivity contribution in [1.82, 2.24) is 5.32 Å². The predicted octanol–water partition coefficient (Wildman–Crippen LogP) is 2.49. The summed E-state index contributed by atoms with van der Waals surface area (Å²) in [5.41, 5.74) is 1.04. The molecule has 0 saturated heterocycles. The molecule has 1 unspecified atom stereocenters. The van der Waals surface area contributed by atoms with Crippen LogP contribution in [0.4, 0.5) is 0 Å². The lowest BCUT2D eigenvalue weighted by Gasteiger charge is -2.38. The molecule has 7 heteroatoms. The molecule has 0 saturated carbocycles. The zero-order chi connectivity index (χ0) is 18.7. The molecule has 140 valence electrons. The van der Waals surface area contributed by atoms with E-state index < -0.39 is 9.84 Å². The molecule has 2 rings (SSSR count). The summed E-state index contributed by atoms with van der Waals surface area (Å²) in [5.74, 6) is 0.698. The molecule has 1 aliphatic rings. The van der Waals surface area contributed by atoms with Crippen molar-refractivity contribution in [2.24, 2.45) is 0 Å². The van der Waals surface area contributed by atoms with E-state index in [9.17, 15) is 13.2 Å². The van der Waals surface area contributed by atoms with Crippen molar-refractivity contribution in [3.63, 3.8) is 0 Å². The second-order valence-electron chi connectivity index (χ2n) is 6.91. The monoisotopic (exact) mass is 369 g/mol. The Bertz CT molecular complexity index is 727. The number of rotatable bonds is 7. The van der Waals surface area contributed by atoms with E-state index in [1.165, 1.54) is 7.11 Å². The Kier molecular flexibility index (Phi) is 6.11. The van der Waals surface area contributed by atoms with E-state index in [-0.39, 0.29) is 29.1 Å². The van der Waals surface area contributed by atoms with Gasteiger partial charge in [-0.1, -0.05) is 6.92 Å². The van der Waals surface area contributed by atoms with Crippen molar-refractivity contribution >= 4 is 15.8 Å². The van der Waals surface area contributed by atoms with E-state index in [2.05, 4.69) is 5.32 Å². The van der Waals surface area contributed by atoms with E-state index in [1.807, 2.05) is 13.8 Å². The summed E-state index contributed by atoms with van der Waals surface area (Å²) in [6.45, 7) is 6.27. The van der Waals surface area contributed by atoms with Crippen molar-refractivity contribution in [2.75, 3.05) is 25.2 Å². The second kappa shape index (κ2) is 7.74. The summed E-state index contributed by atoms with van der Waals surface area (Å²) in [6, 6.07) is 5.26. The predicted molar refractivity (Wildman–Crippen MR) is 96.8 cm³/mol. The highest BCUT2D eigenvalue weighted by molar-refractivity contribution is 7.91. The Hall–Kier alpha value is -1.60. The van der Waals surface area contributed by atoms with Gasteiger partial charge in [-0.3, -0.25) is 0 Å². The minimum atomic E-state index is -2.95. The van der Waals surface area contributed by atoms with Crippen molar-refractivity contribution < 1.29 is 22.7 Å². The third kappa shape index (κ3) is 5.19. The number of carbonyl (C=O) groups is 1. The highest BCUT2D eigenvalue weighted by atomic mass is 32.2. The van der Waals surface area contributed by atoms with Crippen molar-refractivity contribution in [3.8, 4) is 5.75 Å². The average molecular weight is 369 g/mol. The van der Waals surface area contributed by atoms with Gasteiger partial charge in [0.2, 0.25) is 0 Å². The van der Waals surface area contributed by atoms with Crippen LogP contribution < -0.4 is 10.1 Å². The highest BCUT2D eigenvalue weighted by Gasteiger charge is 2.34. The van der Waals surface area contributed by atoms with Crippen LogP contribution in [0, 0.1) is 0 Å². The van der Waals surface area contributed by atoms with Gasteiger partial charge < -0.3 is 14.8 Å². The first-order valence-corrected chi connectivity index (χ1v) is 10.3. The largest absolute Gasteiger partial charge is 0.487 e. The Labute approximate surface area is 149 Å². The molecule has 6 nitrogen and oxygen atoms in total. The van der Waals surface area contributed by atoms with E-state index in [0.29, 0.717) is 18.5 Å². The number of nitrogens with one attached hydrogen (secondary N) is 1. The first-order chi connectivity index (χ1) is 11.7. The van der Waals surface area contributed by atoms with Crippen LogP contribution in [-0.2, 0) is 14.6 Å². The normalized spacial score (nSPS) is 19.0. The molecule has 0 fully saturated rings. The third-order valence-electron chi connectivity index (χ3n) is 4.35. The Morgan fingerprint density at radius 2 is 2.12 bits per heavy atom. The average Bonchev–Trinajstić information content (AvgIpc) is 2.56. The minimum absolute atomic E-state index is 0.00677. The van der Waals surface area contributed by atoms with Gasteiger partial charge in [0, 0.05) is 23.8 Å². The maximum absolute atomic E-state index is 11.8. The molecular formula is C18H27NO5S. The van der Waals surface area contributed by atoms with Crippen LogP contribution in [0.5, 0.6) is 5.75 Å². The smallest absolute Gasteiger partial charge is 0.337 e. The summed E-state index contributed by atoms with van der Waals surface area (Å²) >= 11 is 0. The van der Waals surface area contributed by atoms with Gasteiger partial charge >= 0.3 is 5.97 Å². The number of ether oxygens (including phenoxy) is 2. The number of fused-ring (bicyclic) bond motifs is 1. The molecule has 1 aromatic rings. The van der Waals surface area contributed by atoms with E-state index in [1.54, 1.807) is 25.1 Å². The molecule has 0 spiro atoms. The van der Waals surface area contributed by atoms with Gasteiger partial charge in [0.05, 0.1) is 18.4 Å². The molecule has 25 heavy (non-hydrogen) atoms. The van der Waals surface area contributed by atoms with Gasteiger partial charge in [0.25, 0.3) is 0 Å². The van der Waals surface area contributed by atoms with Crippen LogP contribution in [0.1, 0.15) is 55.6 Å². The van der Waals surface area contributed by atoms with Crippen LogP contribution in [0.15, 0.2) is 18.2 Å². The number of esters is 1. The number of hydrogen-bond acceptors (Lipinski definition) is 6. The third-order valence-corrected chi connectivity index (χ3v) is 6.14. The van der Waals surface area contributed by atoms with Crippen molar-refractivity contribution in [1.29, 1.82) is 0 Å². The highest BCUT2D eigenvalue weighted by Crippen LogP contribution is 2.39. The van der Waals surface area contributed by atoms with E-state index in [0.717, 1.165) is 17.7 Å². The molecule has 1 N–H and O–H groups in total. The zero-order valence-corrected chi connectivity index (χ0v) is 16.1. The molecule has 0 aromatic heterocycles. The number of sulfone groups is 1. The summed E-state index contributed by atoms with van der Waals surface area (Å²) in [4.78, 5) is 11.8. The standard InChI is InChI=1S/C18H27NO5S/c1-5-25(21,22)10-6-9-19-15-12-18(2,3)24-16-8-7-13(11-14(15)16)17(20)23-4/h7-8,11,15,19H,5-6,9-10,12H2,1-4H3. The first kappa shape index (κ1) is 19.7. The van der Waals surface area contributed by atoms with Gasteiger partial charge in [-0.2, -0.15) is 0 Å². The molecule has 0 radical (unpaired) electrons. The van der Waals surface area contributed by atoms with Gasteiger partial charge in [-0.05, 0) is 45.0 Å². The van der Waals surface area contributed by atoms with Gasteiger partial charge in [-0.25, -0.2) is 13.2 Å². The topological polar surface area (TPSA) is 81.7 Å². The second-order valence-corrected chi connectivity index (χ2v) is 9.38. The number of benzene rings is 1.